The molecule has 3 aliphatic carbocycles. The van der Waals surface area contributed by atoms with Gasteiger partial charge in [-0.1, -0.05) is 116 Å². The summed E-state index contributed by atoms with van der Waals surface area (Å²) >= 11 is 0. The lowest BCUT2D eigenvalue weighted by atomic mass is 9.76. The molecule has 3 aliphatic rings. The molecule has 47 heavy (non-hydrogen) atoms. The van der Waals surface area contributed by atoms with Gasteiger partial charge in [-0.3, -0.25) is 0 Å². The summed E-state index contributed by atoms with van der Waals surface area (Å²) in [7, 11) is 0. The van der Waals surface area contributed by atoms with E-state index in [1.165, 1.54) is 49.5 Å². The number of hydrogen-bond acceptors (Lipinski definition) is 1. The highest BCUT2D eigenvalue weighted by Gasteiger charge is 2.30. The van der Waals surface area contributed by atoms with Crippen LogP contribution in [-0.2, 0) is 6.42 Å². The third-order valence-corrected chi connectivity index (χ3v) is 10.4. The van der Waals surface area contributed by atoms with Crippen LogP contribution in [0.15, 0.2) is 145 Å². The Balaban J connectivity index is 1.22. The number of rotatable bonds is 4. The van der Waals surface area contributed by atoms with Crippen molar-refractivity contribution in [1.29, 1.82) is 5.26 Å². The Labute approximate surface area is 275 Å². The second kappa shape index (κ2) is 11.0. The molecule has 4 aromatic carbocycles. The molecule has 0 amide bonds. The highest BCUT2D eigenvalue weighted by molar-refractivity contribution is 6.08. The highest BCUT2D eigenvalue weighted by Crippen LogP contribution is 2.45. The Bertz CT molecular complexity index is 2380. The van der Waals surface area contributed by atoms with Crippen LogP contribution < -0.4 is 0 Å². The topological polar surface area (TPSA) is 33.6 Å². The molecule has 6 aromatic rings. The lowest BCUT2D eigenvalue weighted by Gasteiger charge is -2.30. The molecule has 0 spiro atoms. The van der Waals surface area contributed by atoms with Crippen molar-refractivity contribution in [1.82, 2.24) is 9.13 Å². The van der Waals surface area contributed by atoms with E-state index in [0.29, 0.717) is 5.92 Å². The summed E-state index contributed by atoms with van der Waals surface area (Å²) in [6.45, 7) is 2.29. The van der Waals surface area contributed by atoms with Crippen molar-refractivity contribution in [3.05, 3.63) is 161 Å². The molecule has 3 heteroatoms. The van der Waals surface area contributed by atoms with Gasteiger partial charge in [0, 0.05) is 49.9 Å². The molecule has 2 heterocycles. The van der Waals surface area contributed by atoms with E-state index in [-0.39, 0.29) is 12.0 Å². The summed E-state index contributed by atoms with van der Waals surface area (Å²) in [5, 5.41) is 14.4. The third kappa shape index (κ3) is 4.32. The van der Waals surface area contributed by atoms with E-state index >= 15 is 0 Å². The molecular formula is C44H35N3. The number of hydrogen-bond donors (Lipinski definition) is 0. The van der Waals surface area contributed by atoms with Crippen molar-refractivity contribution < 1.29 is 0 Å². The molecule has 0 saturated heterocycles. The predicted molar refractivity (Wildman–Crippen MR) is 195 cm³/mol. The van der Waals surface area contributed by atoms with E-state index in [1.807, 2.05) is 6.08 Å². The van der Waals surface area contributed by atoms with Crippen LogP contribution in [-0.4, -0.2) is 9.13 Å². The summed E-state index contributed by atoms with van der Waals surface area (Å²) < 4.78 is 4.99. The number of nitrogens with zero attached hydrogens (tertiary/aromatic N) is 3. The molecule has 0 bridgehead atoms. The average Bonchev–Trinajstić information content (AvgIpc) is 3.64. The normalized spacial score (nSPS) is 20.6. The van der Waals surface area contributed by atoms with Crippen LogP contribution >= 0.6 is 0 Å². The Morgan fingerprint density at radius 1 is 0.702 bits per heavy atom. The standard InChI is InChI=1S/C44H35N3/c1-29-24-25-37-36-17-4-8-22-41(36)47(43(37)26-29)42-23-9-5-18-38(42)44-31(28-45)13-11-19-33(44)30-12-10-14-32(27-30)46-39-20-6-2-15-34(39)35-16-3-7-21-40(35)46/h2-13,15-18,20-25,27,29,32-33H,14,19,26H2,1H3. The Morgan fingerprint density at radius 3 is 2.13 bits per heavy atom. The van der Waals surface area contributed by atoms with Gasteiger partial charge in [0.15, 0.2) is 0 Å². The molecule has 0 saturated carbocycles. The first-order valence-electron chi connectivity index (χ1n) is 16.8. The minimum absolute atomic E-state index is 0.0689. The van der Waals surface area contributed by atoms with Gasteiger partial charge in [0.2, 0.25) is 0 Å². The smallest absolute Gasteiger partial charge is 0.0994 e. The quantitative estimate of drug-likeness (QED) is 0.197. The second-order valence-electron chi connectivity index (χ2n) is 13.2. The molecule has 0 radical (unpaired) electrons. The zero-order valence-corrected chi connectivity index (χ0v) is 26.5. The van der Waals surface area contributed by atoms with Crippen LogP contribution in [0.3, 0.4) is 0 Å². The molecule has 3 atom stereocenters. The van der Waals surface area contributed by atoms with E-state index in [1.54, 1.807) is 0 Å². The van der Waals surface area contributed by atoms with E-state index in [9.17, 15) is 5.26 Å². The van der Waals surface area contributed by atoms with Gasteiger partial charge in [-0.25, -0.2) is 0 Å². The monoisotopic (exact) mass is 605 g/mol. The van der Waals surface area contributed by atoms with Gasteiger partial charge in [0.1, 0.15) is 0 Å². The zero-order valence-electron chi connectivity index (χ0n) is 26.5. The van der Waals surface area contributed by atoms with Crippen LogP contribution in [0.1, 0.15) is 42.6 Å². The summed E-state index contributed by atoms with van der Waals surface area (Å²) in [5.74, 6) is 0.534. The molecule has 2 aromatic heterocycles. The number of fused-ring (bicyclic) bond motifs is 6. The van der Waals surface area contributed by atoms with Crippen molar-refractivity contribution >= 4 is 44.4 Å². The minimum atomic E-state index is 0.0689. The van der Waals surface area contributed by atoms with Crippen molar-refractivity contribution in [3.8, 4) is 11.8 Å². The van der Waals surface area contributed by atoms with Crippen molar-refractivity contribution in [2.24, 2.45) is 11.8 Å². The Hall–Kier alpha value is -5.59. The van der Waals surface area contributed by atoms with Crippen LogP contribution in [0, 0.1) is 23.2 Å². The fourth-order valence-electron chi connectivity index (χ4n) is 8.37. The highest BCUT2D eigenvalue weighted by atomic mass is 15.0. The van der Waals surface area contributed by atoms with Gasteiger partial charge in [-0.15, -0.1) is 0 Å². The largest absolute Gasteiger partial charge is 0.333 e. The van der Waals surface area contributed by atoms with Gasteiger partial charge >= 0.3 is 0 Å². The predicted octanol–water partition coefficient (Wildman–Crippen LogP) is 10.9. The van der Waals surface area contributed by atoms with Gasteiger partial charge in [0.25, 0.3) is 0 Å². The number of para-hydroxylation sites is 4. The van der Waals surface area contributed by atoms with Crippen LogP contribution in [0.2, 0.25) is 0 Å². The summed E-state index contributed by atoms with van der Waals surface area (Å²) in [6.07, 6.45) is 18.8. The van der Waals surface area contributed by atoms with E-state index in [0.717, 1.165) is 41.7 Å². The van der Waals surface area contributed by atoms with E-state index < -0.39 is 0 Å². The van der Waals surface area contributed by atoms with Crippen molar-refractivity contribution in [2.45, 2.75) is 32.2 Å². The molecule has 3 unspecified atom stereocenters. The lowest BCUT2D eigenvalue weighted by molar-refractivity contribution is 0.630. The van der Waals surface area contributed by atoms with E-state index in [4.69, 9.17) is 0 Å². The fourth-order valence-corrected chi connectivity index (χ4v) is 8.37. The Kier molecular flexibility index (Phi) is 6.50. The van der Waals surface area contributed by atoms with Crippen molar-refractivity contribution in [2.75, 3.05) is 0 Å². The average molecular weight is 606 g/mol. The van der Waals surface area contributed by atoms with Crippen LogP contribution in [0.4, 0.5) is 0 Å². The SMILES string of the molecule is CC1C=Cc2c(n(-c3ccccc3C3=C(C#N)C=CCC3C3=CC(n4c5ccccc5c5ccccc54)CC=C3)c3ccccc23)C1. The zero-order chi connectivity index (χ0) is 31.5. The maximum absolute atomic E-state index is 10.6. The minimum Gasteiger partial charge on any atom is -0.333 e. The first-order chi connectivity index (χ1) is 23.2. The van der Waals surface area contributed by atoms with Gasteiger partial charge in [-0.05, 0) is 66.7 Å². The maximum atomic E-state index is 10.6. The molecule has 0 fully saturated rings. The van der Waals surface area contributed by atoms with E-state index in [2.05, 4.69) is 156 Å². The molecule has 0 N–H and O–H groups in total. The number of allylic oxidation sites excluding steroid dienone is 9. The van der Waals surface area contributed by atoms with Gasteiger partial charge in [0.05, 0.1) is 28.9 Å². The summed E-state index contributed by atoms with van der Waals surface area (Å²) in [5.41, 5.74) is 11.8. The number of benzene rings is 4. The summed E-state index contributed by atoms with van der Waals surface area (Å²) in [4.78, 5) is 0. The first kappa shape index (κ1) is 27.7. The molecule has 3 nitrogen and oxygen atoms in total. The molecular weight excluding hydrogens is 571 g/mol. The molecule has 9 rings (SSSR count). The Morgan fingerprint density at radius 2 is 1.36 bits per heavy atom. The number of nitriles is 1. The molecule has 0 aliphatic heterocycles. The molecule has 226 valence electrons. The van der Waals surface area contributed by atoms with Crippen LogP contribution in [0.5, 0.6) is 0 Å². The maximum Gasteiger partial charge on any atom is 0.0994 e. The number of aromatic nitrogens is 2. The third-order valence-electron chi connectivity index (χ3n) is 10.4. The lowest BCUT2D eigenvalue weighted by Crippen LogP contribution is -2.17. The fraction of sp³-hybridized carbons (Fsp3) is 0.159. The van der Waals surface area contributed by atoms with Gasteiger partial charge < -0.3 is 9.13 Å². The van der Waals surface area contributed by atoms with Gasteiger partial charge in [-0.2, -0.15) is 5.26 Å². The second-order valence-corrected chi connectivity index (χ2v) is 13.2. The first-order valence-corrected chi connectivity index (χ1v) is 16.8. The summed E-state index contributed by atoms with van der Waals surface area (Å²) in [6, 6.07) is 37.8. The van der Waals surface area contributed by atoms with Crippen LogP contribution in [0.25, 0.3) is 50.0 Å². The van der Waals surface area contributed by atoms with Crippen molar-refractivity contribution in [3.63, 3.8) is 0 Å².